The number of carbonyl (C=O) groups is 2. The van der Waals surface area contributed by atoms with Crippen LogP contribution in [0, 0.1) is 0 Å². The number of halogens is 3. The Morgan fingerprint density at radius 2 is 1.71 bits per heavy atom. The fourth-order valence-electron chi connectivity index (χ4n) is 2.07. The fraction of sp³-hybridized carbons (Fsp3) is 0.176. The highest BCUT2D eigenvalue weighted by molar-refractivity contribution is 5.98. The molecule has 0 aliphatic heterocycles. The van der Waals surface area contributed by atoms with Crippen LogP contribution in [0.25, 0.3) is 0 Å². The van der Waals surface area contributed by atoms with Crippen molar-refractivity contribution in [3.63, 3.8) is 0 Å². The van der Waals surface area contributed by atoms with Gasteiger partial charge in [-0.25, -0.2) is 0 Å². The van der Waals surface area contributed by atoms with Crippen molar-refractivity contribution in [1.29, 1.82) is 0 Å². The lowest BCUT2D eigenvalue weighted by Gasteiger charge is -2.15. The monoisotopic (exact) mass is 337 g/mol. The summed E-state index contributed by atoms with van der Waals surface area (Å²) in [5.74, 6) is -2.49. The van der Waals surface area contributed by atoms with Crippen LogP contribution < -0.4 is 10.1 Å². The van der Waals surface area contributed by atoms with Crippen LogP contribution in [0.3, 0.4) is 0 Å². The van der Waals surface area contributed by atoms with E-state index in [1.807, 2.05) is 0 Å². The Hall–Kier alpha value is -2.83. The van der Waals surface area contributed by atoms with Crippen LogP contribution in [0.4, 0.5) is 13.2 Å². The van der Waals surface area contributed by atoms with Gasteiger partial charge in [-0.2, -0.15) is 13.2 Å². The highest BCUT2D eigenvalue weighted by Gasteiger charge is 2.36. The molecule has 126 valence electrons. The molecular formula is C17H14F3NO3. The molecule has 2 aromatic carbocycles. The lowest BCUT2D eigenvalue weighted by molar-refractivity contribution is -0.141. The minimum Gasteiger partial charge on any atom is -0.425 e. The average Bonchev–Trinajstić information content (AvgIpc) is 2.52. The average molecular weight is 337 g/mol. The predicted molar refractivity (Wildman–Crippen MR) is 80.4 cm³/mol. The van der Waals surface area contributed by atoms with Crippen LogP contribution in [-0.4, -0.2) is 11.9 Å². The normalized spacial score (nSPS) is 11.0. The van der Waals surface area contributed by atoms with Gasteiger partial charge < -0.3 is 10.1 Å². The first-order valence-corrected chi connectivity index (χ1v) is 7.00. The van der Waals surface area contributed by atoms with Gasteiger partial charge in [0.25, 0.3) is 5.91 Å². The number of carbonyl (C=O) groups excluding carboxylic acids is 2. The van der Waals surface area contributed by atoms with Gasteiger partial charge in [0.1, 0.15) is 0 Å². The minimum atomic E-state index is -4.75. The van der Waals surface area contributed by atoms with Crippen LogP contribution in [0.2, 0.25) is 0 Å². The van der Waals surface area contributed by atoms with Crippen LogP contribution in [0.5, 0.6) is 5.75 Å². The molecule has 2 rings (SSSR count). The maximum atomic E-state index is 13.1. The molecular weight excluding hydrogens is 323 g/mol. The van der Waals surface area contributed by atoms with E-state index in [0.29, 0.717) is 0 Å². The first-order valence-electron chi connectivity index (χ1n) is 7.00. The molecule has 24 heavy (non-hydrogen) atoms. The molecule has 1 amide bonds. The van der Waals surface area contributed by atoms with Gasteiger partial charge in [-0.15, -0.1) is 0 Å². The lowest BCUT2D eigenvalue weighted by Crippen LogP contribution is -2.25. The molecule has 0 bridgehead atoms. The standard InChI is InChI=1S/C17H14F3NO3/c1-11(22)24-15-13(8-5-9-14(15)17(18,19)20)16(23)21-10-12-6-3-2-4-7-12/h2-9H,10H2,1H3,(H,21,23). The van der Waals surface area contributed by atoms with Crippen molar-refractivity contribution in [2.45, 2.75) is 19.6 Å². The van der Waals surface area contributed by atoms with Crippen molar-refractivity contribution >= 4 is 11.9 Å². The smallest absolute Gasteiger partial charge is 0.420 e. The van der Waals surface area contributed by atoms with Crippen LogP contribution in [0.15, 0.2) is 48.5 Å². The number of amides is 1. The number of hydrogen-bond donors (Lipinski definition) is 1. The number of esters is 1. The van der Waals surface area contributed by atoms with Gasteiger partial charge >= 0.3 is 12.1 Å². The molecule has 4 nitrogen and oxygen atoms in total. The third kappa shape index (κ3) is 4.34. The second kappa shape index (κ2) is 7.16. The van der Waals surface area contributed by atoms with Gasteiger partial charge in [0.05, 0.1) is 11.1 Å². The number of benzene rings is 2. The summed E-state index contributed by atoms with van der Waals surface area (Å²) in [5, 5.41) is 2.51. The predicted octanol–water partition coefficient (Wildman–Crippen LogP) is 3.56. The van der Waals surface area contributed by atoms with E-state index >= 15 is 0 Å². The second-order valence-electron chi connectivity index (χ2n) is 4.94. The molecule has 0 fully saturated rings. The summed E-state index contributed by atoms with van der Waals surface area (Å²) in [4.78, 5) is 23.4. The summed E-state index contributed by atoms with van der Waals surface area (Å²) in [6.07, 6.45) is -4.75. The molecule has 0 atom stereocenters. The topological polar surface area (TPSA) is 55.4 Å². The zero-order chi connectivity index (χ0) is 17.7. The summed E-state index contributed by atoms with van der Waals surface area (Å²) in [6.45, 7) is 1.11. The number of alkyl halides is 3. The highest BCUT2D eigenvalue weighted by atomic mass is 19.4. The Labute approximate surface area is 136 Å². The van der Waals surface area contributed by atoms with E-state index in [1.54, 1.807) is 30.3 Å². The van der Waals surface area contributed by atoms with Crippen LogP contribution >= 0.6 is 0 Å². The van der Waals surface area contributed by atoms with Crippen molar-refractivity contribution in [3.05, 3.63) is 65.2 Å². The molecule has 0 aliphatic rings. The number of rotatable bonds is 4. The summed E-state index contributed by atoms with van der Waals surface area (Å²) in [7, 11) is 0. The van der Waals surface area contributed by atoms with Gasteiger partial charge in [-0.05, 0) is 17.7 Å². The molecule has 2 aromatic rings. The number of hydrogen-bond acceptors (Lipinski definition) is 3. The Balaban J connectivity index is 2.31. The molecule has 0 unspecified atom stereocenters. The van der Waals surface area contributed by atoms with Gasteiger partial charge in [0.15, 0.2) is 5.75 Å². The maximum Gasteiger partial charge on any atom is 0.420 e. The molecule has 0 spiro atoms. The molecule has 0 radical (unpaired) electrons. The van der Waals surface area contributed by atoms with Crippen LogP contribution in [-0.2, 0) is 17.5 Å². The largest absolute Gasteiger partial charge is 0.425 e. The van der Waals surface area contributed by atoms with Gasteiger partial charge in [-0.1, -0.05) is 36.4 Å². The lowest BCUT2D eigenvalue weighted by atomic mass is 10.1. The summed E-state index contributed by atoms with van der Waals surface area (Å²) in [5.41, 5.74) is -0.743. The van der Waals surface area contributed by atoms with Gasteiger partial charge in [0, 0.05) is 13.5 Å². The zero-order valence-electron chi connectivity index (χ0n) is 12.7. The van der Waals surface area contributed by atoms with E-state index in [4.69, 9.17) is 0 Å². The molecule has 7 heteroatoms. The SMILES string of the molecule is CC(=O)Oc1c(C(=O)NCc2ccccc2)cccc1C(F)(F)F. The number of nitrogens with one attached hydrogen (secondary N) is 1. The van der Waals surface area contributed by atoms with E-state index in [9.17, 15) is 22.8 Å². The van der Waals surface area contributed by atoms with Gasteiger partial charge in [0.2, 0.25) is 0 Å². The third-order valence-corrected chi connectivity index (χ3v) is 3.11. The Kier molecular flexibility index (Phi) is 5.23. The Bertz CT molecular complexity index is 742. The molecule has 0 heterocycles. The summed E-state index contributed by atoms with van der Waals surface area (Å²) in [6, 6.07) is 11.9. The van der Waals surface area contributed by atoms with Crippen molar-refractivity contribution in [1.82, 2.24) is 5.32 Å². The van der Waals surface area contributed by atoms with E-state index in [2.05, 4.69) is 10.1 Å². The first-order chi connectivity index (χ1) is 11.3. The van der Waals surface area contributed by atoms with Crippen molar-refractivity contribution in [2.24, 2.45) is 0 Å². The zero-order valence-corrected chi connectivity index (χ0v) is 12.7. The Morgan fingerprint density at radius 1 is 1.04 bits per heavy atom. The van der Waals surface area contributed by atoms with E-state index in [0.717, 1.165) is 24.6 Å². The number of ether oxygens (including phenoxy) is 1. The maximum absolute atomic E-state index is 13.1. The first kappa shape index (κ1) is 17.5. The minimum absolute atomic E-state index is 0.134. The quantitative estimate of drug-likeness (QED) is 0.686. The molecule has 1 N–H and O–H groups in total. The van der Waals surface area contributed by atoms with Crippen molar-refractivity contribution in [2.75, 3.05) is 0 Å². The summed E-state index contributed by atoms with van der Waals surface area (Å²) < 4.78 is 43.9. The molecule has 0 saturated carbocycles. The fourth-order valence-corrected chi connectivity index (χ4v) is 2.07. The Morgan fingerprint density at radius 3 is 2.29 bits per heavy atom. The molecule has 0 saturated heterocycles. The second-order valence-corrected chi connectivity index (χ2v) is 4.94. The van der Waals surface area contributed by atoms with Crippen molar-refractivity contribution in [3.8, 4) is 5.75 Å². The number of para-hydroxylation sites is 1. The van der Waals surface area contributed by atoms with E-state index < -0.39 is 29.4 Å². The highest BCUT2D eigenvalue weighted by Crippen LogP contribution is 2.38. The van der Waals surface area contributed by atoms with Crippen molar-refractivity contribution < 1.29 is 27.5 Å². The van der Waals surface area contributed by atoms with Crippen LogP contribution in [0.1, 0.15) is 28.4 Å². The van der Waals surface area contributed by atoms with E-state index in [-0.39, 0.29) is 12.1 Å². The third-order valence-electron chi connectivity index (χ3n) is 3.11. The molecule has 0 aromatic heterocycles. The molecule has 0 aliphatic carbocycles. The summed E-state index contributed by atoms with van der Waals surface area (Å²) >= 11 is 0. The van der Waals surface area contributed by atoms with Gasteiger partial charge in [-0.3, -0.25) is 9.59 Å². The van der Waals surface area contributed by atoms with E-state index in [1.165, 1.54) is 6.07 Å².